The first-order chi connectivity index (χ1) is 7.80. The molecule has 0 N–H and O–H groups in total. The Labute approximate surface area is 99.3 Å². The van der Waals surface area contributed by atoms with Crippen molar-refractivity contribution in [2.75, 3.05) is 6.61 Å². The van der Waals surface area contributed by atoms with E-state index in [0.717, 1.165) is 11.6 Å². The lowest BCUT2D eigenvalue weighted by molar-refractivity contribution is 0.321. The Kier molecular flexibility index (Phi) is 4.26. The molecule has 0 unspecified atom stereocenters. The van der Waals surface area contributed by atoms with Gasteiger partial charge in [-0.2, -0.15) is 0 Å². The molecule has 1 aromatic rings. The highest BCUT2D eigenvalue weighted by atomic mass is 19.4. The van der Waals surface area contributed by atoms with Gasteiger partial charge in [0.1, 0.15) is 5.75 Å². The Morgan fingerprint density at radius 1 is 1.35 bits per heavy atom. The van der Waals surface area contributed by atoms with Crippen LogP contribution in [0.3, 0.4) is 0 Å². The number of benzene rings is 1. The van der Waals surface area contributed by atoms with E-state index < -0.39 is 12.4 Å². The first-order valence-electron chi connectivity index (χ1n) is 5.38. The predicted molar refractivity (Wildman–Crippen MR) is 64.8 cm³/mol. The SMILES string of the molecule is C=C(C)CCOc1ccc([B-](F)(F)F)c(C)c1. The van der Waals surface area contributed by atoms with Crippen molar-refractivity contribution < 1.29 is 17.7 Å². The Morgan fingerprint density at radius 3 is 2.47 bits per heavy atom. The minimum atomic E-state index is -4.94. The summed E-state index contributed by atoms with van der Waals surface area (Å²) in [5, 5.41) is 0. The van der Waals surface area contributed by atoms with Crippen LogP contribution in [0.2, 0.25) is 0 Å². The Bertz CT molecular complexity index is 413. The molecule has 0 heterocycles. The van der Waals surface area contributed by atoms with Crippen molar-refractivity contribution in [3.05, 3.63) is 35.9 Å². The third-order valence-electron chi connectivity index (χ3n) is 2.39. The monoisotopic (exact) mass is 243 g/mol. The summed E-state index contributed by atoms with van der Waals surface area (Å²) in [7, 11) is 0. The van der Waals surface area contributed by atoms with Gasteiger partial charge in [0.25, 0.3) is 0 Å². The molecule has 1 rings (SSSR count). The molecule has 1 nitrogen and oxygen atoms in total. The molecule has 17 heavy (non-hydrogen) atoms. The van der Waals surface area contributed by atoms with E-state index in [9.17, 15) is 12.9 Å². The van der Waals surface area contributed by atoms with Gasteiger partial charge < -0.3 is 17.7 Å². The summed E-state index contributed by atoms with van der Waals surface area (Å²) in [5.74, 6) is 0.465. The molecule has 0 aromatic heterocycles. The van der Waals surface area contributed by atoms with Gasteiger partial charge in [0.05, 0.1) is 6.61 Å². The minimum Gasteiger partial charge on any atom is -0.493 e. The van der Waals surface area contributed by atoms with Crippen molar-refractivity contribution in [1.29, 1.82) is 0 Å². The van der Waals surface area contributed by atoms with Gasteiger partial charge >= 0.3 is 6.98 Å². The molecule has 5 heteroatoms. The number of aryl methyl sites for hydroxylation is 1. The number of rotatable bonds is 5. The average Bonchev–Trinajstić information content (AvgIpc) is 2.14. The second-order valence-electron chi connectivity index (χ2n) is 4.15. The average molecular weight is 243 g/mol. The minimum absolute atomic E-state index is 0.199. The largest absolute Gasteiger partial charge is 0.509 e. The molecule has 0 radical (unpaired) electrons. The highest BCUT2D eigenvalue weighted by Crippen LogP contribution is 2.17. The van der Waals surface area contributed by atoms with Gasteiger partial charge in [0, 0.05) is 6.42 Å². The molecule has 0 aliphatic heterocycles. The third kappa shape index (κ3) is 4.17. The van der Waals surface area contributed by atoms with E-state index in [1.807, 2.05) is 6.92 Å². The number of ether oxygens (including phenoxy) is 1. The smallest absolute Gasteiger partial charge is 0.493 e. The van der Waals surface area contributed by atoms with Crippen LogP contribution < -0.4 is 10.2 Å². The van der Waals surface area contributed by atoms with E-state index in [4.69, 9.17) is 4.74 Å². The summed E-state index contributed by atoms with van der Waals surface area (Å²) in [4.78, 5) is 0. The Hall–Kier alpha value is -1.39. The van der Waals surface area contributed by atoms with Gasteiger partial charge in [-0.15, -0.1) is 12.0 Å². The zero-order valence-corrected chi connectivity index (χ0v) is 9.97. The van der Waals surface area contributed by atoms with Crippen molar-refractivity contribution in [3.63, 3.8) is 0 Å². The maximum absolute atomic E-state index is 12.5. The lowest BCUT2D eigenvalue weighted by Crippen LogP contribution is -2.35. The van der Waals surface area contributed by atoms with E-state index in [-0.39, 0.29) is 5.56 Å². The van der Waals surface area contributed by atoms with Crippen LogP contribution in [-0.4, -0.2) is 13.6 Å². The Morgan fingerprint density at radius 2 is 2.00 bits per heavy atom. The van der Waals surface area contributed by atoms with Gasteiger partial charge in [-0.05, 0) is 26.0 Å². The van der Waals surface area contributed by atoms with E-state index >= 15 is 0 Å². The normalized spacial score (nSPS) is 11.4. The molecule has 0 saturated carbocycles. The zero-order chi connectivity index (χ0) is 13.1. The van der Waals surface area contributed by atoms with Gasteiger partial charge in [-0.25, -0.2) is 0 Å². The van der Waals surface area contributed by atoms with Crippen molar-refractivity contribution in [3.8, 4) is 5.75 Å². The lowest BCUT2D eigenvalue weighted by atomic mass is 9.77. The van der Waals surface area contributed by atoms with Crippen molar-refractivity contribution in [1.82, 2.24) is 0 Å². The second kappa shape index (κ2) is 5.30. The molecule has 0 spiro atoms. The molecule has 0 amide bonds. The maximum Gasteiger partial charge on any atom is 0.509 e. The van der Waals surface area contributed by atoms with Gasteiger partial charge in [-0.3, -0.25) is 0 Å². The van der Waals surface area contributed by atoms with Gasteiger partial charge in [0.2, 0.25) is 0 Å². The molecule has 94 valence electrons. The van der Waals surface area contributed by atoms with E-state index in [2.05, 4.69) is 6.58 Å². The zero-order valence-electron chi connectivity index (χ0n) is 9.97. The summed E-state index contributed by atoms with van der Waals surface area (Å²) < 4.78 is 43.0. The van der Waals surface area contributed by atoms with E-state index in [1.54, 1.807) is 0 Å². The molecule has 0 bridgehead atoms. The quantitative estimate of drug-likeness (QED) is 0.568. The summed E-state index contributed by atoms with van der Waals surface area (Å²) in [6.07, 6.45) is 0.698. The van der Waals surface area contributed by atoms with Crippen LogP contribution in [0.4, 0.5) is 12.9 Å². The summed E-state index contributed by atoms with van der Waals surface area (Å²) in [6, 6.07) is 3.85. The third-order valence-corrected chi connectivity index (χ3v) is 2.39. The maximum atomic E-state index is 12.5. The van der Waals surface area contributed by atoms with Crippen LogP contribution in [0.1, 0.15) is 18.9 Å². The summed E-state index contributed by atoms with van der Waals surface area (Å²) >= 11 is 0. The standard InChI is InChI=1S/C12H15BF3O/c1-9(2)6-7-17-11-4-5-12(10(3)8-11)13(14,15)16/h4-5,8H,1,6-7H2,2-3H3/q-1. The fourth-order valence-corrected chi connectivity index (χ4v) is 1.45. The lowest BCUT2D eigenvalue weighted by Gasteiger charge is -2.18. The molecule has 0 aliphatic carbocycles. The molecular formula is C12H15BF3O-. The van der Waals surface area contributed by atoms with E-state index in [1.165, 1.54) is 19.1 Å². The molecule has 1 aromatic carbocycles. The van der Waals surface area contributed by atoms with Crippen LogP contribution in [-0.2, 0) is 0 Å². The summed E-state index contributed by atoms with van der Waals surface area (Å²) in [5.41, 5.74) is 0.625. The molecule has 0 atom stereocenters. The first-order valence-corrected chi connectivity index (χ1v) is 5.38. The second-order valence-corrected chi connectivity index (χ2v) is 4.15. The van der Waals surface area contributed by atoms with Gasteiger partial charge in [0.15, 0.2) is 0 Å². The van der Waals surface area contributed by atoms with Gasteiger partial charge in [-0.1, -0.05) is 17.2 Å². The number of hydrogen-bond acceptors (Lipinski definition) is 1. The molecular weight excluding hydrogens is 228 g/mol. The van der Waals surface area contributed by atoms with Crippen LogP contribution in [0.25, 0.3) is 0 Å². The number of halogens is 3. The molecule has 0 saturated heterocycles. The van der Waals surface area contributed by atoms with Crippen molar-refractivity contribution in [2.45, 2.75) is 20.3 Å². The fourth-order valence-electron chi connectivity index (χ4n) is 1.45. The van der Waals surface area contributed by atoms with Crippen molar-refractivity contribution >= 4 is 12.4 Å². The Balaban J connectivity index is 2.72. The predicted octanol–water partition coefficient (Wildman–Crippen LogP) is 3.39. The topological polar surface area (TPSA) is 9.23 Å². The molecule has 0 fully saturated rings. The first kappa shape index (κ1) is 13.7. The number of hydrogen-bond donors (Lipinski definition) is 0. The molecule has 0 aliphatic rings. The summed E-state index contributed by atoms with van der Waals surface area (Å²) in [6.45, 7) is 2.54. The van der Waals surface area contributed by atoms with Crippen LogP contribution in [0, 0.1) is 6.92 Å². The fraction of sp³-hybridized carbons (Fsp3) is 0.333. The van der Waals surface area contributed by atoms with Crippen LogP contribution in [0.15, 0.2) is 30.4 Å². The van der Waals surface area contributed by atoms with Crippen molar-refractivity contribution in [2.24, 2.45) is 0 Å². The van der Waals surface area contributed by atoms with E-state index in [0.29, 0.717) is 18.8 Å². The van der Waals surface area contributed by atoms with Crippen LogP contribution >= 0.6 is 0 Å². The highest BCUT2D eigenvalue weighted by Gasteiger charge is 2.27. The highest BCUT2D eigenvalue weighted by molar-refractivity contribution is 6.74. The van der Waals surface area contributed by atoms with Crippen LogP contribution in [0.5, 0.6) is 5.75 Å².